The minimum absolute atomic E-state index is 0.0243. The van der Waals surface area contributed by atoms with Crippen LogP contribution in [0.3, 0.4) is 0 Å². The van der Waals surface area contributed by atoms with Gasteiger partial charge in [-0.1, -0.05) is 13.0 Å². The summed E-state index contributed by atoms with van der Waals surface area (Å²) in [5.41, 5.74) is -0.573. The van der Waals surface area contributed by atoms with Crippen LogP contribution in [-0.2, 0) is 0 Å². The zero-order chi connectivity index (χ0) is 15.5. The molecular formula is C14H16BrN3O3. The molecule has 1 fully saturated rings. The number of nitro benzene ring substituents is 1. The normalized spacial score (nSPS) is 24.5. The van der Waals surface area contributed by atoms with Crippen molar-refractivity contribution in [2.75, 3.05) is 6.54 Å². The predicted octanol–water partition coefficient (Wildman–Crippen LogP) is 3.16. The first kappa shape index (κ1) is 15.7. The van der Waals surface area contributed by atoms with Gasteiger partial charge in [0.05, 0.1) is 11.0 Å². The van der Waals surface area contributed by atoms with Gasteiger partial charge in [-0.3, -0.25) is 15.4 Å². The Morgan fingerprint density at radius 1 is 1.67 bits per heavy atom. The number of nitrogens with one attached hydrogen (secondary N) is 1. The van der Waals surface area contributed by atoms with E-state index in [0.717, 1.165) is 13.0 Å². The molecule has 2 atom stereocenters. The Morgan fingerprint density at radius 3 is 3.05 bits per heavy atom. The van der Waals surface area contributed by atoms with E-state index in [4.69, 9.17) is 4.74 Å². The smallest absolute Gasteiger partial charge is 0.287 e. The first-order valence-corrected chi connectivity index (χ1v) is 7.56. The SMILES string of the molecule is CCNC1(C#N)CCC(Oc2cccc([N+](=O)[O-])c2Br)C1. The molecule has 1 aromatic rings. The topological polar surface area (TPSA) is 88.2 Å². The highest BCUT2D eigenvalue weighted by molar-refractivity contribution is 9.10. The summed E-state index contributed by atoms with van der Waals surface area (Å²) in [5.74, 6) is 0.444. The third-order valence-electron chi connectivity index (χ3n) is 3.63. The maximum Gasteiger partial charge on any atom is 0.287 e. The highest BCUT2D eigenvalue weighted by Gasteiger charge is 2.40. The summed E-state index contributed by atoms with van der Waals surface area (Å²) in [4.78, 5) is 10.5. The molecule has 7 heteroatoms. The van der Waals surface area contributed by atoms with Gasteiger partial charge in [0.15, 0.2) is 0 Å². The minimum atomic E-state index is -0.549. The van der Waals surface area contributed by atoms with Gasteiger partial charge < -0.3 is 4.74 Å². The molecule has 0 bridgehead atoms. The summed E-state index contributed by atoms with van der Waals surface area (Å²) in [6.45, 7) is 2.69. The third kappa shape index (κ3) is 3.34. The van der Waals surface area contributed by atoms with Crippen LogP contribution in [0.4, 0.5) is 5.69 Å². The molecule has 21 heavy (non-hydrogen) atoms. The highest BCUT2D eigenvalue weighted by atomic mass is 79.9. The summed E-state index contributed by atoms with van der Waals surface area (Å²) < 4.78 is 6.20. The van der Waals surface area contributed by atoms with Gasteiger partial charge >= 0.3 is 0 Å². The molecule has 0 amide bonds. The van der Waals surface area contributed by atoms with E-state index in [0.29, 0.717) is 23.1 Å². The molecule has 1 N–H and O–H groups in total. The zero-order valence-electron chi connectivity index (χ0n) is 11.6. The Kier molecular flexibility index (Phi) is 4.80. The van der Waals surface area contributed by atoms with Crippen molar-refractivity contribution in [1.29, 1.82) is 5.26 Å². The molecule has 2 unspecified atom stereocenters. The lowest BCUT2D eigenvalue weighted by Crippen LogP contribution is -2.42. The summed E-state index contributed by atoms with van der Waals surface area (Å²) in [6.07, 6.45) is 1.92. The van der Waals surface area contributed by atoms with Gasteiger partial charge in [0.1, 0.15) is 21.9 Å². The number of benzene rings is 1. The van der Waals surface area contributed by atoms with Gasteiger partial charge in [-0.25, -0.2) is 0 Å². The fraction of sp³-hybridized carbons (Fsp3) is 0.500. The van der Waals surface area contributed by atoms with Crippen LogP contribution in [0.25, 0.3) is 0 Å². The number of nitriles is 1. The maximum atomic E-state index is 10.9. The fourth-order valence-electron chi connectivity index (χ4n) is 2.65. The second-order valence-corrected chi connectivity index (χ2v) is 5.85. The number of halogens is 1. The van der Waals surface area contributed by atoms with Crippen molar-refractivity contribution in [1.82, 2.24) is 5.32 Å². The lowest BCUT2D eigenvalue weighted by molar-refractivity contribution is -0.385. The van der Waals surface area contributed by atoms with Crippen LogP contribution in [0, 0.1) is 21.4 Å². The Balaban J connectivity index is 2.12. The van der Waals surface area contributed by atoms with Gasteiger partial charge in [-0.05, 0) is 41.4 Å². The number of nitrogens with zero attached hydrogens (tertiary/aromatic N) is 2. The maximum absolute atomic E-state index is 10.9. The van der Waals surface area contributed by atoms with Crippen molar-refractivity contribution in [2.45, 2.75) is 37.8 Å². The summed E-state index contributed by atoms with van der Waals surface area (Å²) in [6, 6.07) is 7.03. The number of ether oxygens (including phenoxy) is 1. The van der Waals surface area contributed by atoms with Crippen LogP contribution in [0.1, 0.15) is 26.2 Å². The van der Waals surface area contributed by atoms with Crippen molar-refractivity contribution in [2.24, 2.45) is 0 Å². The summed E-state index contributed by atoms with van der Waals surface area (Å²) >= 11 is 3.22. The van der Waals surface area contributed by atoms with Crippen LogP contribution in [0.2, 0.25) is 0 Å². The molecule has 112 valence electrons. The van der Waals surface area contributed by atoms with Crippen molar-refractivity contribution in [3.8, 4) is 11.8 Å². The Labute approximate surface area is 131 Å². The average Bonchev–Trinajstić information content (AvgIpc) is 2.85. The number of rotatable bonds is 5. The molecule has 6 nitrogen and oxygen atoms in total. The Bertz CT molecular complexity index is 587. The van der Waals surface area contributed by atoms with Gasteiger partial charge in [-0.2, -0.15) is 5.26 Å². The van der Waals surface area contributed by atoms with Crippen molar-refractivity contribution >= 4 is 21.6 Å². The molecule has 2 rings (SSSR count). The van der Waals surface area contributed by atoms with Crippen LogP contribution >= 0.6 is 15.9 Å². The molecule has 0 heterocycles. The van der Waals surface area contributed by atoms with E-state index in [9.17, 15) is 15.4 Å². The monoisotopic (exact) mass is 353 g/mol. The molecule has 0 radical (unpaired) electrons. The molecule has 1 aliphatic carbocycles. The molecule has 0 aromatic heterocycles. The van der Waals surface area contributed by atoms with Crippen molar-refractivity contribution in [3.05, 3.63) is 32.8 Å². The lowest BCUT2D eigenvalue weighted by atomic mass is 10.00. The first-order chi connectivity index (χ1) is 10.0. The Morgan fingerprint density at radius 2 is 2.43 bits per heavy atom. The van der Waals surface area contributed by atoms with E-state index < -0.39 is 10.5 Å². The van der Waals surface area contributed by atoms with E-state index in [1.807, 2.05) is 6.92 Å². The first-order valence-electron chi connectivity index (χ1n) is 6.77. The van der Waals surface area contributed by atoms with Gasteiger partial charge in [-0.15, -0.1) is 0 Å². The molecule has 1 aromatic carbocycles. The van der Waals surface area contributed by atoms with E-state index >= 15 is 0 Å². The third-order valence-corrected chi connectivity index (χ3v) is 4.43. The van der Waals surface area contributed by atoms with E-state index in [-0.39, 0.29) is 11.8 Å². The lowest BCUT2D eigenvalue weighted by Gasteiger charge is -2.22. The van der Waals surface area contributed by atoms with Crippen LogP contribution in [-0.4, -0.2) is 23.1 Å². The predicted molar refractivity (Wildman–Crippen MR) is 81.1 cm³/mol. The van der Waals surface area contributed by atoms with Gasteiger partial charge in [0.25, 0.3) is 5.69 Å². The largest absolute Gasteiger partial charge is 0.489 e. The van der Waals surface area contributed by atoms with Crippen molar-refractivity contribution < 1.29 is 9.66 Å². The van der Waals surface area contributed by atoms with Gasteiger partial charge in [0, 0.05) is 12.5 Å². The quantitative estimate of drug-likeness (QED) is 0.648. The molecule has 0 aliphatic heterocycles. The second kappa shape index (κ2) is 6.41. The molecule has 0 spiro atoms. The van der Waals surface area contributed by atoms with Gasteiger partial charge in [0.2, 0.25) is 0 Å². The minimum Gasteiger partial charge on any atom is -0.489 e. The summed E-state index contributed by atoms with van der Waals surface area (Å²) in [5, 5.41) is 23.5. The summed E-state index contributed by atoms with van der Waals surface area (Å²) in [7, 11) is 0. The average molecular weight is 354 g/mol. The number of nitro groups is 1. The number of hydrogen-bond acceptors (Lipinski definition) is 5. The van der Waals surface area contributed by atoms with E-state index in [1.165, 1.54) is 6.07 Å². The second-order valence-electron chi connectivity index (χ2n) is 5.05. The highest BCUT2D eigenvalue weighted by Crippen LogP contribution is 2.38. The molecule has 1 saturated carbocycles. The number of hydrogen-bond donors (Lipinski definition) is 1. The van der Waals surface area contributed by atoms with E-state index in [2.05, 4.69) is 27.3 Å². The molecule has 1 aliphatic rings. The Hall–Kier alpha value is -1.65. The van der Waals surface area contributed by atoms with Crippen LogP contribution in [0.15, 0.2) is 22.7 Å². The molecule has 0 saturated heterocycles. The zero-order valence-corrected chi connectivity index (χ0v) is 13.2. The van der Waals surface area contributed by atoms with Crippen LogP contribution in [0.5, 0.6) is 5.75 Å². The van der Waals surface area contributed by atoms with Crippen molar-refractivity contribution in [3.63, 3.8) is 0 Å². The molecular weight excluding hydrogens is 338 g/mol. The van der Waals surface area contributed by atoms with Crippen LogP contribution < -0.4 is 10.1 Å². The standard InChI is InChI=1S/C14H16BrN3O3/c1-2-17-14(9-16)7-6-10(8-14)21-12-5-3-4-11(13(12)15)18(19)20/h3-5,10,17H,2,6-8H2,1H3. The fourth-order valence-corrected chi connectivity index (χ4v) is 3.15. The van der Waals surface area contributed by atoms with E-state index in [1.54, 1.807) is 12.1 Å².